The number of ketones is 1. The van der Waals surface area contributed by atoms with Crippen molar-refractivity contribution in [3.8, 4) is 0 Å². The standard InChI is InChI=1S/C29H41N5O4/c1-4-33(5-2)19-25-24-11-7-6-10-22(24)18-34(32-26(29(37)38)12-8-9-17-30)27(25)28(36)21-13-15-23(16-14-21)31-20(3)35/h6-7,10-11,13-16,25-27,32H,4-5,8-9,12,17-19,30H2,1-3H3,(H,31,35)(H,37,38)/t25?,26-,27?/m1/s1. The Balaban J connectivity index is 2.03. The van der Waals surface area contributed by atoms with Crippen LogP contribution in [-0.4, -0.2) is 70.9 Å². The molecule has 0 aliphatic carbocycles. The number of nitrogens with zero attached hydrogens (tertiary/aromatic N) is 2. The molecule has 0 fully saturated rings. The summed E-state index contributed by atoms with van der Waals surface area (Å²) in [6, 6.07) is 13.5. The first-order valence-corrected chi connectivity index (χ1v) is 13.5. The summed E-state index contributed by atoms with van der Waals surface area (Å²) in [5.41, 5.74) is 12.2. The van der Waals surface area contributed by atoms with Gasteiger partial charge < -0.3 is 21.1 Å². The van der Waals surface area contributed by atoms with Gasteiger partial charge in [-0.2, -0.15) is 0 Å². The fourth-order valence-corrected chi connectivity index (χ4v) is 5.15. The molecule has 0 spiro atoms. The van der Waals surface area contributed by atoms with Gasteiger partial charge >= 0.3 is 5.97 Å². The van der Waals surface area contributed by atoms with Crippen LogP contribution in [0.25, 0.3) is 0 Å². The predicted octanol–water partition coefficient (Wildman–Crippen LogP) is 3.22. The summed E-state index contributed by atoms with van der Waals surface area (Å²) in [5, 5.41) is 14.5. The highest BCUT2D eigenvalue weighted by atomic mass is 16.4. The number of likely N-dealkylation sites (N-methyl/N-ethyl adjacent to an activating group) is 1. The number of nitrogens with two attached hydrogens (primary N) is 1. The van der Waals surface area contributed by atoms with E-state index in [9.17, 15) is 19.5 Å². The van der Waals surface area contributed by atoms with Crippen molar-refractivity contribution in [3.63, 3.8) is 0 Å². The van der Waals surface area contributed by atoms with E-state index in [0.29, 0.717) is 43.7 Å². The van der Waals surface area contributed by atoms with Crippen LogP contribution in [0.3, 0.4) is 0 Å². The second-order valence-electron chi connectivity index (χ2n) is 9.79. The molecule has 1 amide bonds. The number of benzene rings is 2. The maximum Gasteiger partial charge on any atom is 0.322 e. The van der Waals surface area contributed by atoms with Gasteiger partial charge in [0.1, 0.15) is 6.04 Å². The number of rotatable bonds is 14. The summed E-state index contributed by atoms with van der Waals surface area (Å²) in [6.07, 6.45) is 1.83. The van der Waals surface area contributed by atoms with Crippen molar-refractivity contribution in [1.29, 1.82) is 0 Å². The molecule has 0 aromatic heterocycles. The minimum Gasteiger partial charge on any atom is -0.480 e. The molecule has 0 bridgehead atoms. The number of anilines is 1. The van der Waals surface area contributed by atoms with Crippen LogP contribution < -0.4 is 16.5 Å². The number of carboxylic acid groups (broad SMARTS) is 1. The molecule has 0 saturated heterocycles. The lowest BCUT2D eigenvalue weighted by Gasteiger charge is -2.44. The Bertz CT molecular complexity index is 1090. The Kier molecular flexibility index (Phi) is 11.0. The number of hydrogen-bond donors (Lipinski definition) is 4. The number of carbonyl (C=O) groups excluding carboxylic acids is 2. The van der Waals surface area contributed by atoms with E-state index in [1.54, 1.807) is 24.3 Å². The molecule has 9 heteroatoms. The van der Waals surface area contributed by atoms with Crippen molar-refractivity contribution in [1.82, 2.24) is 15.3 Å². The largest absolute Gasteiger partial charge is 0.480 e. The molecule has 2 aromatic carbocycles. The molecule has 38 heavy (non-hydrogen) atoms. The van der Waals surface area contributed by atoms with Crippen LogP contribution in [0.2, 0.25) is 0 Å². The van der Waals surface area contributed by atoms with Crippen LogP contribution in [0.4, 0.5) is 5.69 Å². The molecular weight excluding hydrogens is 482 g/mol. The normalized spacial score (nSPS) is 18.1. The third kappa shape index (κ3) is 7.48. The first kappa shape index (κ1) is 29.4. The van der Waals surface area contributed by atoms with Gasteiger partial charge in [-0.15, -0.1) is 0 Å². The lowest BCUT2D eigenvalue weighted by molar-refractivity contribution is -0.142. The van der Waals surface area contributed by atoms with Crippen LogP contribution in [-0.2, 0) is 16.1 Å². The average molecular weight is 524 g/mol. The Morgan fingerprint density at radius 3 is 2.37 bits per heavy atom. The van der Waals surface area contributed by atoms with Crippen LogP contribution >= 0.6 is 0 Å². The van der Waals surface area contributed by atoms with E-state index in [2.05, 4.69) is 35.6 Å². The van der Waals surface area contributed by atoms with Crippen molar-refractivity contribution >= 4 is 23.3 Å². The number of carbonyl (C=O) groups is 3. The monoisotopic (exact) mass is 523 g/mol. The van der Waals surface area contributed by atoms with Crippen LogP contribution in [0.5, 0.6) is 0 Å². The summed E-state index contributed by atoms with van der Waals surface area (Å²) >= 11 is 0. The summed E-state index contributed by atoms with van der Waals surface area (Å²) in [7, 11) is 0. The van der Waals surface area contributed by atoms with E-state index in [0.717, 1.165) is 30.6 Å². The van der Waals surface area contributed by atoms with Gasteiger partial charge in [0.25, 0.3) is 0 Å². The molecule has 0 radical (unpaired) electrons. The lowest BCUT2D eigenvalue weighted by atomic mass is 9.80. The molecule has 206 valence electrons. The average Bonchev–Trinajstić information content (AvgIpc) is 2.90. The zero-order valence-electron chi connectivity index (χ0n) is 22.7. The number of nitrogens with one attached hydrogen (secondary N) is 2. The van der Waals surface area contributed by atoms with E-state index >= 15 is 0 Å². The van der Waals surface area contributed by atoms with E-state index in [4.69, 9.17) is 5.73 Å². The maximum absolute atomic E-state index is 14.2. The summed E-state index contributed by atoms with van der Waals surface area (Å²) in [4.78, 5) is 40.1. The Labute approximate surface area is 225 Å². The molecule has 2 unspecified atom stereocenters. The van der Waals surface area contributed by atoms with Crippen LogP contribution in [0.15, 0.2) is 48.5 Å². The highest BCUT2D eigenvalue weighted by molar-refractivity contribution is 6.01. The van der Waals surface area contributed by atoms with E-state index in [-0.39, 0.29) is 17.6 Å². The predicted molar refractivity (Wildman–Crippen MR) is 149 cm³/mol. The highest BCUT2D eigenvalue weighted by Gasteiger charge is 2.42. The van der Waals surface area contributed by atoms with E-state index in [1.807, 2.05) is 23.2 Å². The molecule has 1 heterocycles. The van der Waals surface area contributed by atoms with Crippen LogP contribution in [0, 0.1) is 0 Å². The van der Waals surface area contributed by atoms with Crippen molar-refractivity contribution in [2.75, 3.05) is 31.5 Å². The summed E-state index contributed by atoms with van der Waals surface area (Å²) in [5.74, 6) is -1.40. The third-order valence-corrected chi connectivity index (χ3v) is 7.19. The summed E-state index contributed by atoms with van der Waals surface area (Å²) < 4.78 is 0. The van der Waals surface area contributed by atoms with E-state index < -0.39 is 18.1 Å². The van der Waals surface area contributed by atoms with Crippen molar-refractivity contribution in [3.05, 3.63) is 65.2 Å². The van der Waals surface area contributed by atoms with Gasteiger partial charge in [-0.05, 0) is 74.3 Å². The maximum atomic E-state index is 14.2. The highest BCUT2D eigenvalue weighted by Crippen LogP contribution is 2.35. The van der Waals surface area contributed by atoms with Crippen molar-refractivity contribution in [2.24, 2.45) is 5.73 Å². The molecule has 1 aliphatic heterocycles. The first-order valence-electron chi connectivity index (χ1n) is 13.5. The SMILES string of the molecule is CCN(CC)CC1c2ccccc2CN(N[C@H](CCCCN)C(=O)O)C1C(=O)c1ccc(NC(C)=O)cc1. The molecule has 3 rings (SSSR count). The Morgan fingerprint density at radius 1 is 1.08 bits per heavy atom. The fraction of sp³-hybridized carbons (Fsp3) is 0.483. The number of hydrogen-bond acceptors (Lipinski definition) is 7. The zero-order chi connectivity index (χ0) is 27.7. The Morgan fingerprint density at radius 2 is 1.76 bits per heavy atom. The fourth-order valence-electron chi connectivity index (χ4n) is 5.15. The number of hydrazine groups is 1. The molecule has 5 N–H and O–H groups in total. The number of amides is 1. The molecule has 9 nitrogen and oxygen atoms in total. The topological polar surface area (TPSA) is 128 Å². The van der Waals surface area contributed by atoms with Gasteiger partial charge in [0.2, 0.25) is 5.91 Å². The molecule has 1 aliphatic rings. The van der Waals surface area contributed by atoms with Gasteiger partial charge in [-0.3, -0.25) is 14.4 Å². The smallest absolute Gasteiger partial charge is 0.322 e. The van der Waals surface area contributed by atoms with Crippen LogP contribution in [0.1, 0.15) is 67.4 Å². The third-order valence-electron chi connectivity index (χ3n) is 7.19. The second-order valence-corrected chi connectivity index (χ2v) is 9.79. The minimum absolute atomic E-state index is 0.0929. The molecule has 0 saturated carbocycles. The quantitative estimate of drug-likeness (QED) is 0.220. The molecule has 2 aromatic rings. The van der Waals surface area contributed by atoms with Gasteiger partial charge in [0, 0.05) is 37.2 Å². The van der Waals surface area contributed by atoms with E-state index in [1.165, 1.54) is 6.92 Å². The lowest BCUT2D eigenvalue weighted by Crippen LogP contribution is -2.59. The number of fused-ring (bicyclic) bond motifs is 1. The van der Waals surface area contributed by atoms with Gasteiger partial charge in [0.15, 0.2) is 5.78 Å². The number of aliphatic carboxylic acids is 1. The van der Waals surface area contributed by atoms with Crippen molar-refractivity contribution < 1.29 is 19.5 Å². The number of Topliss-reactive ketones (excluding diaryl/α,β-unsaturated/α-hetero) is 1. The first-order chi connectivity index (χ1) is 18.3. The summed E-state index contributed by atoms with van der Waals surface area (Å²) in [6.45, 7) is 8.89. The van der Waals surface area contributed by atoms with Crippen molar-refractivity contribution in [2.45, 2.75) is 64.6 Å². The van der Waals surface area contributed by atoms with Gasteiger partial charge in [-0.1, -0.05) is 38.1 Å². The second kappa shape index (κ2) is 14.2. The zero-order valence-corrected chi connectivity index (χ0v) is 22.7. The molecular formula is C29H41N5O4. The Hall–Kier alpha value is -3.11. The van der Waals surface area contributed by atoms with Gasteiger partial charge in [0.05, 0.1) is 6.04 Å². The number of carboxylic acids is 1. The number of unbranched alkanes of at least 4 members (excludes halogenated alkanes) is 1. The van der Waals surface area contributed by atoms with Gasteiger partial charge in [-0.25, -0.2) is 10.4 Å². The molecule has 3 atom stereocenters. The minimum atomic E-state index is -0.952.